The highest BCUT2D eigenvalue weighted by Crippen LogP contribution is 2.32. The zero-order valence-corrected chi connectivity index (χ0v) is 19.2. The molecule has 0 bridgehead atoms. The fraction of sp³-hybridized carbons (Fsp3) is 0.833. The number of aliphatic imine (C=N–C) groups is 1. The van der Waals surface area contributed by atoms with Crippen molar-refractivity contribution in [3.8, 4) is 0 Å². The number of carbonyl (C=O) groups excluding carboxylic acids is 3. The molecule has 0 N–H and O–H groups in total. The third kappa shape index (κ3) is 4.43. The molecule has 1 saturated carbocycles. The Morgan fingerprint density at radius 2 is 1.59 bits per heavy atom. The van der Waals surface area contributed by atoms with Crippen LogP contribution in [0.5, 0.6) is 0 Å². The molecule has 176 valence electrons. The van der Waals surface area contributed by atoms with Crippen molar-refractivity contribution >= 4 is 23.6 Å². The molecule has 0 aromatic rings. The second-order valence-electron chi connectivity index (χ2n) is 10.2. The van der Waals surface area contributed by atoms with Gasteiger partial charge in [0.05, 0.1) is 6.04 Å². The van der Waals surface area contributed by atoms with Gasteiger partial charge in [0, 0.05) is 69.9 Å². The minimum atomic E-state index is 0.00722. The van der Waals surface area contributed by atoms with E-state index in [4.69, 9.17) is 0 Å². The predicted octanol–water partition coefficient (Wildman–Crippen LogP) is 2.27. The Morgan fingerprint density at radius 1 is 0.844 bits per heavy atom. The normalized spacial score (nSPS) is 28.4. The second kappa shape index (κ2) is 9.49. The van der Waals surface area contributed by atoms with E-state index < -0.39 is 0 Å². The van der Waals surface area contributed by atoms with Gasteiger partial charge in [0.25, 0.3) is 0 Å². The Balaban J connectivity index is 1.05. The van der Waals surface area contributed by atoms with Crippen LogP contribution in [0.1, 0.15) is 70.6 Å². The fourth-order valence-corrected chi connectivity index (χ4v) is 6.47. The monoisotopic (exact) mass is 443 g/mol. The summed E-state index contributed by atoms with van der Waals surface area (Å²) in [7, 11) is 0. The quantitative estimate of drug-likeness (QED) is 0.653. The molecule has 8 nitrogen and oxygen atoms in total. The molecule has 8 heteroatoms. The Kier molecular flexibility index (Phi) is 6.49. The van der Waals surface area contributed by atoms with E-state index in [0.29, 0.717) is 31.5 Å². The Morgan fingerprint density at radius 3 is 2.31 bits per heavy atom. The van der Waals surface area contributed by atoms with Gasteiger partial charge in [-0.05, 0) is 51.4 Å². The van der Waals surface area contributed by atoms with Crippen molar-refractivity contribution < 1.29 is 14.4 Å². The van der Waals surface area contributed by atoms with E-state index in [0.717, 1.165) is 83.4 Å². The molecule has 4 amide bonds. The lowest BCUT2D eigenvalue weighted by Crippen LogP contribution is -2.54. The minimum Gasteiger partial charge on any atom is -0.343 e. The van der Waals surface area contributed by atoms with Gasteiger partial charge in [-0.15, -0.1) is 0 Å². The highest BCUT2D eigenvalue weighted by Gasteiger charge is 2.41. The van der Waals surface area contributed by atoms with Crippen molar-refractivity contribution in [2.75, 3.05) is 39.3 Å². The second-order valence-corrected chi connectivity index (χ2v) is 10.2. The largest absolute Gasteiger partial charge is 0.344 e. The third-order valence-corrected chi connectivity index (χ3v) is 8.33. The van der Waals surface area contributed by atoms with Gasteiger partial charge in [0.2, 0.25) is 11.8 Å². The van der Waals surface area contributed by atoms with Gasteiger partial charge in [0.15, 0.2) is 0 Å². The molecule has 0 spiro atoms. The summed E-state index contributed by atoms with van der Waals surface area (Å²) in [6.07, 6.45) is 10.6. The van der Waals surface area contributed by atoms with Crippen LogP contribution in [0.4, 0.5) is 4.79 Å². The maximum absolute atomic E-state index is 12.6. The summed E-state index contributed by atoms with van der Waals surface area (Å²) < 4.78 is 0. The Labute approximate surface area is 191 Å². The van der Waals surface area contributed by atoms with E-state index in [1.807, 2.05) is 9.80 Å². The van der Waals surface area contributed by atoms with Crippen molar-refractivity contribution in [3.05, 3.63) is 0 Å². The van der Waals surface area contributed by atoms with E-state index in [2.05, 4.69) is 14.8 Å². The smallest absolute Gasteiger partial charge is 0.343 e. The number of urea groups is 1. The number of likely N-dealkylation sites (tertiary alicyclic amines) is 3. The number of hydrogen-bond donors (Lipinski definition) is 0. The van der Waals surface area contributed by atoms with Crippen molar-refractivity contribution in [3.63, 3.8) is 0 Å². The molecule has 4 fully saturated rings. The maximum Gasteiger partial charge on any atom is 0.344 e. The van der Waals surface area contributed by atoms with E-state index in [1.165, 1.54) is 12.8 Å². The highest BCUT2D eigenvalue weighted by molar-refractivity contribution is 6.05. The molecule has 5 aliphatic rings. The third-order valence-electron chi connectivity index (χ3n) is 8.33. The molecule has 0 aromatic carbocycles. The van der Waals surface area contributed by atoms with Crippen molar-refractivity contribution in [2.24, 2.45) is 4.99 Å². The van der Waals surface area contributed by atoms with Crippen LogP contribution in [0.15, 0.2) is 4.99 Å². The van der Waals surface area contributed by atoms with Crippen molar-refractivity contribution in [1.29, 1.82) is 0 Å². The molecule has 0 unspecified atom stereocenters. The molecule has 3 saturated heterocycles. The Hall–Kier alpha value is -1.96. The summed E-state index contributed by atoms with van der Waals surface area (Å²) in [6, 6.07) is 1.15. The SMILES string of the molecule is O=C1CCCN1CCC(=O)N1CCC(N2CCC(N3C(=O)N=C4CCCC[C@H]43)CC2)CC1. The van der Waals surface area contributed by atoms with E-state index in [-0.39, 0.29) is 23.9 Å². The van der Waals surface area contributed by atoms with E-state index >= 15 is 0 Å². The van der Waals surface area contributed by atoms with Crippen LogP contribution in [0.2, 0.25) is 0 Å². The van der Waals surface area contributed by atoms with Crippen molar-refractivity contribution in [1.82, 2.24) is 19.6 Å². The van der Waals surface area contributed by atoms with Gasteiger partial charge < -0.3 is 19.6 Å². The summed E-state index contributed by atoms with van der Waals surface area (Å²) in [5, 5.41) is 0. The molecule has 0 aromatic heterocycles. The molecule has 5 rings (SSSR count). The first kappa shape index (κ1) is 21.9. The molecule has 0 radical (unpaired) electrons. The van der Waals surface area contributed by atoms with Crippen LogP contribution in [-0.2, 0) is 9.59 Å². The Bertz CT molecular complexity index is 768. The number of nitrogens with zero attached hydrogens (tertiary/aromatic N) is 5. The standard InChI is InChI=1S/C24H37N5O3/c30-22-6-3-12-27(22)17-11-23(31)28-15-7-18(8-16-28)26-13-9-19(10-14-26)29-21-5-2-1-4-20(21)25-24(29)32/h18-19,21H,1-17H2/t21-/m1/s1. The van der Waals surface area contributed by atoms with Crippen LogP contribution in [0.3, 0.4) is 0 Å². The van der Waals surface area contributed by atoms with Crippen molar-refractivity contribution in [2.45, 2.75) is 88.8 Å². The summed E-state index contributed by atoms with van der Waals surface area (Å²) >= 11 is 0. The van der Waals surface area contributed by atoms with Gasteiger partial charge in [0.1, 0.15) is 0 Å². The first-order chi connectivity index (χ1) is 15.6. The number of piperidine rings is 2. The topological polar surface area (TPSA) is 76.5 Å². The lowest BCUT2D eigenvalue weighted by molar-refractivity contribution is -0.134. The summed E-state index contributed by atoms with van der Waals surface area (Å²) in [5.41, 5.74) is 1.13. The van der Waals surface area contributed by atoms with E-state index in [1.54, 1.807) is 0 Å². The molecule has 4 aliphatic heterocycles. The number of carbonyl (C=O) groups is 3. The number of hydrogen-bond acceptors (Lipinski definition) is 4. The van der Waals surface area contributed by atoms with Crippen LogP contribution in [0.25, 0.3) is 0 Å². The molecular weight excluding hydrogens is 406 g/mol. The van der Waals surface area contributed by atoms with Gasteiger partial charge >= 0.3 is 6.03 Å². The van der Waals surface area contributed by atoms with E-state index in [9.17, 15) is 14.4 Å². The zero-order valence-electron chi connectivity index (χ0n) is 19.2. The fourth-order valence-electron chi connectivity index (χ4n) is 6.47. The molecule has 4 heterocycles. The molecule has 1 atom stereocenters. The highest BCUT2D eigenvalue weighted by atomic mass is 16.2. The lowest BCUT2D eigenvalue weighted by Gasteiger charge is -2.44. The summed E-state index contributed by atoms with van der Waals surface area (Å²) in [6.45, 7) is 5.09. The van der Waals surface area contributed by atoms with Crippen LogP contribution in [-0.4, -0.2) is 101 Å². The first-order valence-electron chi connectivity index (χ1n) is 12.8. The van der Waals surface area contributed by atoms with Crippen LogP contribution < -0.4 is 0 Å². The minimum absolute atomic E-state index is 0.00722. The average Bonchev–Trinajstić information content (AvgIpc) is 3.39. The molecule has 32 heavy (non-hydrogen) atoms. The summed E-state index contributed by atoms with van der Waals surface area (Å²) in [5.74, 6) is 0.388. The number of rotatable bonds is 5. The van der Waals surface area contributed by atoms with Gasteiger partial charge in [-0.25, -0.2) is 9.79 Å². The molecule has 1 aliphatic carbocycles. The maximum atomic E-state index is 12.6. The summed E-state index contributed by atoms with van der Waals surface area (Å²) in [4.78, 5) is 49.8. The van der Waals surface area contributed by atoms with Crippen LogP contribution >= 0.6 is 0 Å². The zero-order chi connectivity index (χ0) is 22.1. The number of amides is 4. The van der Waals surface area contributed by atoms with Crippen LogP contribution in [0, 0.1) is 0 Å². The molecular formula is C24H37N5O3. The van der Waals surface area contributed by atoms with Gasteiger partial charge in [-0.3, -0.25) is 9.59 Å². The lowest BCUT2D eigenvalue weighted by atomic mass is 9.90. The first-order valence-corrected chi connectivity index (χ1v) is 12.8. The van der Waals surface area contributed by atoms with Gasteiger partial charge in [-0.2, -0.15) is 0 Å². The predicted molar refractivity (Wildman–Crippen MR) is 122 cm³/mol. The van der Waals surface area contributed by atoms with Gasteiger partial charge in [-0.1, -0.05) is 6.42 Å². The number of fused-ring (bicyclic) bond motifs is 1. The average molecular weight is 444 g/mol.